The summed E-state index contributed by atoms with van der Waals surface area (Å²) in [5.41, 5.74) is 3.05. The number of sulfonamides is 1. The molecule has 2 saturated heterocycles. The second-order valence-electron chi connectivity index (χ2n) is 13.6. The molecule has 2 aliphatic rings. The fourth-order valence-electron chi connectivity index (χ4n) is 6.46. The van der Waals surface area contributed by atoms with Crippen LogP contribution in [0.5, 0.6) is 11.6 Å². The number of ether oxygens (including phenoxy) is 2. The van der Waals surface area contributed by atoms with Crippen LogP contribution in [0.25, 0.3) is 10.9 Å². The first-order chi connectivity index (χ1) is 22.1. The molecule has 2 aromatic carbocycles. The molecular weight excluding hydrogens is 620 g/mol. The quantitative estimate of drug-likeness (QED) is 0.339. The maximum absolute atomic E-state index is 13.3. The Balaban J connectivity index is 1.32. The van der Waals surface area contributed by atoms with Crippen molar-refractivity contribution in [1.82, 2.24) is 19.3 Å². The second-order valence-corrected chi connectivity index (χ2v) is 15.4. The monoisotopic (exact) mass is 668 g/mol. The number of nitrogens with zero attached hydrogens (tertiary/aromatic N) is 4. The molecule has 2 fully saturated rings. The summed E-state index contributed by atoms with van der Waals surface area (Å²) in [6.45, 7) is 12.7. The highest BCUT2D eigenvalue weighted by atomic mass is 32.2. The highest BCUT2D eigenvalue weighted by Crippen LogP contribution is 2.39. The van der Waals surface area contributed by atoms with Crippen LogP contribution in [0.4, 0.5) is 16.2 Å². The van der Waals surface area contributed by atoms with E-state index in [0.717, 1.165) is 60.8 Å². The van der Waals surface area contributed by atoms with Gasteiger partial charge in [0.1, 0.15) is 0 Å². The first-order valence-corrected chi connectivity index (χ1v) is 18.1. The minimum absolute atomic E-state index is 0.00804. The number of hydrogen-bond acceptors (Lipinski definition) is 8. The summed E-state index contributed by atoms with van der Waals surface area (Å²) in [5, 5.41) is 3.73. The van der Waals surface area contributed by atoms with Crippen molar-refractivity contribution in [3.8, 4) is 11.6 Å². The molecule has 256 valence electrons. The average molecular weight is 669 g/mol. The van der Waals surface area contributed by atoms with Gasteiger partial charge in [0, 0.05) is 51.2 Å². The largest absolute Gasteiger partial charge is 0.489 e. The van der Waals surface area contributed by atoms with Gasteiger partial charge in [-0.3, -0.25) is 24.6 Å². The third-order valence-electron chi connectivity index (χ3n) is 8.95. The number of piperazine rings is 1. The number of amides is 2. The number of aromatic nitrogens is 1. The molecule has 12 nitrogen and oxygen atoms in total. The second kappa shape index (κ2) is 13.7. The van der Waals surface area contributed by atoms with Crippen LogP contribution < -0.4 is 19.5 Å². The smallest absolute Gasteiger partial charge is 0.418 e. The zero-order valence-corrected chi connectivity index (χ0v) is 29.4. The van der Waals surface area contributed by atoms with E-state index in [1.165, 1.54) is 0 Å². The van der Waals surface area contributed by atoms with E-state index in [-0.39, 0.29) is 35.4 Å². The van der Waals surface area contributed by atoms with E-state index in [2.05, 4.69) is 25.9 Å². The van der Waals surface area contributed by atoms with Crippen LogP contribution in [0.1, 0.15) is 51.7 Å². The maximum atomic E-state index is 13.3. The van der Waals surface area contributed by atoms with Gasteiger partial charge < -0.3 is 18.9 Å². The Morgan fingerprint density at radius 1 is 1.00 bits per heavy atom. The van der Waals surface area contributed by atoms with Gasteiger partial charge in [-0.15, -0.1) is 0 Å². The van der Waals surface area contributed by atoms with Gasteiger partial charge in [-0.05, 0) is 62.0 Å². The summed E-state index contributed by atoms with van der Waals surface area (Å²) >= 11 is 0. The fourth-order valence-corrected chi connectivity index (χ4v) is 7.01. The Hall–Kier alpha value is -3.81. The molecule has 2 amide bonds. The highest BCUT2D eigenvalue weighted by molar-refractivity contribution is 7.92. The molecule has 13 heteroatoms. The van der Waals surface area contributed by atoms with Crippen LogP contribution in [-0.4, -0.2) is 98.4 Å². The Labute approximate surface area is 278 Å². The molecule has 2 N–H and O–H groups in total. The molecule has 0 bridgehead atoms. The number of aryl methyl sites for hydroxylation is 1. The van der Waals surface area contributed by atoms with Crippen LogP contribution in [0.3, 0.4) is 0 Å². The molecule has 0 unspecified atom stereocenters. The lowest BCUT2D eigenvalue weighted by Gasteiger charge is -2.37. The van der Waals surface area contributed by atoms with E-state index in [1.54, 1.807) is 19.1 Å². The number of fused-ring (bicyclic) bond motifs is 1. The van der Waals surface area contributed by atoms with Crippen molar-refractivity contribution in [3.63, 3.8) is 0 Å². The van der Waals surface area contributed by atoms with E-state index in [0.29, 0.717) is 31.2 Å². The maximum Gasteiger partial charge on any atom is 0.418 e. The minimum atomic E-state index is -3.62. The molecule has 5 rings (SSSR count). The SMILES string of the molecule is CCOc1c(NC(=O)Oc2cc3cccc(CN4CCN(C(=O)[C@@H]5CCCN5C)CC4)c3n2C)cc(C(C)(C)C)cc1NS(C)(=O)=O. The lowest BCUT2D eigenvalue weighted by molar-refractivity contribution is -0.137. The molecule has 3 heterocycles. The van der Waals surface area contributed by atoms with E-state index in [9.17, 15) is 18.0 Å². The van der Waals surface area contributed by atoms with Gasteiger partial charge in [-0.25, -0.2) is 13.2 Å². The first kappa shape index (κ1) is 34.5. The van der Waals surface area contributed by atoms with Gasteiger partial charge >= 0.3 is 6.09 Å². The summed E-state index contributed by atoms with van der Waals surface area (Å²) in [5.74, 6) is 0.815. The van der Waals surface area contributed by atoms with Crippen LogP contribution >= 0.6 is 0 Å². The van der Waals surface area contributed by atoms with E-state index in [1.807, 2.05) is 62.5 Å². The van der Waals surface area contributed by atoms with E-state index in [4.69, 9.17) is 9.47 Å². The van der Waals surface area contributed by atoms with Gasteiger partial charge in [0.15, 0.2) is 5.75 Å². The zero-order valence-electron chi connectivity index (χ0n) is 28.6. The standard InChI is InChI=1S/C34H48N6O6S/c1-8-45-31-26(20-25(34(2,3)4)21-27(31)36-47(7,43)44)35-33(42)46-29-19-23-11-9-12-24(30(23)38(29)6)22-39-15-17-40(18-16-39)32(41)28-13-10-14-37(28)5/h9,11-12,19-21,28,36H,8,10,13-18,22H2,1-7H3,(H,35,42)/t28-/m0/s1. The zero-order chi connectivity index (χ0) is 34.1. The third-order valence-corrected chi connectivity index (χ3v) is 9.54. The lowest BCUT2D eigenvalue weighted by atomic mass is 9.86. The summed E-state index contributed by atoms with van der Waals surface area (Å²) in [6, 6.07) is 11.4. The van der Waals surface area contributed by atoms with Gasteiger partial charge in [-0.1, -0.05) is 39.0 Å². The molecule has 0 spiro atoms. The molecule has 1 atom stereocenters. The number of likely N-dealkylation sites (N-methyl/N-ethyl adjacent to an activating group) is 1. The van der Waals surface area contributed by atoms with Gasteiger partial charge in [0.2, 0.25) is 21.8 Å². The van der Waals surface area contributed by atoms with Gasteiger partial charge in [-0.2, -0.15) is 0 Å². The Morgan fingerprint density at radius 2 is 1.70 bits per heavy atom. The minimum Gasteiger partial charge on any atom is -0.489 e. The topological polar surface area (TPSA) is 125 Å². The number of likely N-dealkylation sites (tertiary alicyclic amines) is 1. The Morgan fingerprint density at radius 3 is 2.32 bits per heavy atom. The van der Waals surface area contributed by atoms with Crippen LogP contribution in [0.2, 0.25) is 0 Å². The van der Waals surface area contributed by atoms with Crippen molar-refractivity contribution in [2.75, 3.05) is 62.7 Å². The van der Waals surface area contributed by atoms with Crippen molar-refractivity contribution in [2.24, 2.45) is 7.05 Å². The van der Waals surface area contributed by atoms with Crippen molar-refractivity contribution in [2.45, 2.75) is 58.5 Å². The number of carbonyl (C=O) groups is 2. The molecular formula is C34H48N6O6S. The third kappa shape index (κ3) is 8.02. The molecule has 0 saturated carbocycles. The number of benzene rings is 2. The number of carbonyl (C=O) groups excluding carboxylic acids is 2. The molecule has 47 heavy (non-hydrogen) atoms. The fraction of sp³-hybridized carbons (Fsp3) is 0.529. The number of anilines is 2. The number of para-hydroxylation sites is 1. The highest BCUT2D eigenvalue weighted by Gasteiger charge is 2.33. The van der Waals surface area contributed by atoms with Gasteiger partial charge in [0.05, 0.1) is 35.8 Å². The predicted octanol–water partition coefficient (Wildman–Crippen LogP) is 4.60. The Bertz CT molecular complexity index is 1740. The Kier molecular flexibility index (Phi) is 10.1. The molecule has 0 radical (unpaired) electrons. The van der Waals surface area contributed by atoms with Crippen molar-refractivity contribution < 1.29 is 27.5 Å². The van der Waals surface area contributed by atoms with Crippen molar-refractivity contribution in [1.29, 1.82) is 0 Å². The summed E-state index contributed by atoms with van der Waals surface area (Å²) in [7, 11) is 0.276. The van der Waals surface area contributed by atoms with E-state index >= 15 is 0 Å². The molecule has 0 aliphatic carbocycles. The summed E-state index contributed by atoms with van der Waals surface area (Å²) in [4.78, 5) is 32.9. The van der Waals surface area contributed by atoms with Crippen LogP contribution in [0, 0.1) is 0 Å². The van der Waals surface area contributed by atoms with Crippen LogP contribution in [0.15, 0.2) is 36.4 Å². The predicted molar refractivity (Wildman–Crippen MR) is 185 cm³/mol. The van der Waals surface area contributed by atoms with Gasteiger partial charge in [0.25, 0.3) is 0 Å². The number of nitrogens with one attached hydrogen (secondary N) is 2. The lowest BCUT2D eigenvalue weighted by Crippen LogP contribution is -2.52. The first-order valence-electron chi connectivity index (χ1n) is 16.2. The van der Waals surface area contributed by atoms with E-state index < -0.39 is 16.1 Å². The van der Waals surface area contributed by atoms with Crippen molar-refractivity contribution >= 4 is 44.3 Å². The van der Waals surface area contributed by atoms with Crippen LogP contribution in [-0.2, 0) is 33.8 Å². The normalized spacial score (nSPS) is 18.0. The number of hydrogen-bond donors (Lipinski definition) is 2. The number of rotatable bonds is 9. The molecule has 2 aliphatic heterocycles. The van der Waals surface area contributed by atoms with Crippen molar-refractivity contribution in [3.05, 3.63) is 47.5 Å². The molecule has 1 aromatic heterocycles. The molecule has 3 aromatic rings. The summed E-state index contributed by atoms with van der Waals surface area (Å²) < 4.78 is 40.4. The summed E-state index contributed by atoms with van der Waals surface area (Å²) in [6.07, 6.45) is 2.34. The average Bonchev–Trinajstić information content (AvgIpc) is 3.56.